The van der Waals surface area contributed by atoms with Crippen LogP contribution in [0.1, 0.15) is 47.8 Å². The topological polar surface area (TPSA) is 79.7 Å². The van der Waals surface area contributed by atoms with Crippen LogP contribution >= 0.6 is 22.9 Å². The Morgan fingerprint density at radius 3 is 2.59 bits per heavy atom. The van der Waals surface area contributed by atoms with E-state index in [9.17, 15) is 14.7 Å². The second kappa shape index (κ2) is 9.15. The van der Waals surface area contributed by atoms with Gasteiger partial charge in [-0.3, -0.25) is 9.59 Å². The van der Waals surface area contributed by atoms with E-state index in [1.807, 2.05) is 58.0 Å². The lowest BCUT2D eigenvalue weighted by Crippen LogP contribution is -2.23. The van der Waals surface area contributed by atoms with Gasteiger partial charge in [-0.1, -0.05) is 17.7 Å². The zero-order valence-electron chi connectivity index (χ0n) is 21.3. The average Bonchev–Trinajstić information content (AvgIpc) is 3.33. The van der Waals surface area contributed by atoms with Crippen LogP contribution in [0, 0.1) is 6.92 Å². The summed E-state index contributed by atoms with van der Waals surface area (Å²) < 4.78 is 7.18. The van der Waals surface area contributed by atoms with Gasteiger partial charge in [-0.05, 0) is 80.8 Å². The van der Waals surface area contributed by atoms with E-state index in [4.69, 9.17) is 21.3 Å². The fourth-order valence-electron chi connectivity index (χ4n) is 4.74. The number of ether oxygens (including phenoxy) is 1. The number of aromatic nitrogens is 1. The number of benzene rings is 3. The molecule has 0 aliphatic carbocycles. The molecule has 4 aromatic rings. The van der Waals surface area contributed by atoms with Gasteiger partial charge in [0.2, 0.25) is 0 Å². The van der Waals surface area contributed by atoms with Crippen molar-refractivity contribution in [2.75, 3.05) is 7.05 Å². The van der Waals surface area contributed by atoms with Crippen molar-refractivity contribution in [3.8, 4) is 27.4 Å². The lowest BCUT2D eigenvalue weighted by Gasteiger charge is -2.24. The Labute approximate surface area is 224 Å². The number of carbonyl (C=O) groups excluding carboxylic acids is 1. The van der Waals surface area contributed by atoms with E-state index in [2.05, 4.69) is 0 Å². The summed E-state index contributed by atoms with van der Waals surface area (Å²) in [5.41, 5.74) is 6.07. The number of amides is 1. The molecule has 0 saturated carbocycles. The molecule has 37 heavy (non-hydrogen) atoms. The smallest absolute Gasteiger partial charge is 0.307 e. The summed E-state index contributed by atoms with van der Waals surface area (Å²) in [5, 5.41) is 11.1. The highest BCUT2D eigenvalue weighted by molar-refractivity contribution is 7.22. The van der Waals surface area contributed by atoms with E-state index in [1.165, 1.54) is 11.3 Å². The standard InChI is InChI=1S/C29H27ClN2O4S/c1-15-10-22-26(37-27(31-22)16-6-8-19-17(11-16)14-32(5)28(19)35)25(21(15)13-24(33)34)20-9-7-18(30)12-23(20)36-29(2,3)4/h6-12H,13-14H2,1-5H3,(H,33,34). The van der Waals surface area contributed by atoms with Crippen LogP contribution in [-0.4, -0.2) is 39.5 Å². The molecule has 1 aromatic heterocycles. The van der Waals surface area contributed by atoms with Crippen LogP contribution in [0.2, 0.25) is 5.02 Å². The highest BCUT2D eigenvalue weighted by Crippen LogP contribution is 2.45. The molecule has 0 saturated heterocycles. The van der Waals surface area contributed by atoms with E-state index < -0.39 is 11.6 Å². The van der Waals surface area contributed by atoms with Gasteiger partial charge in [0.15, 0.2) is 0 Å². The first-order valence-corrected chi connectivity index (χ1v) is 13.1. The van der Waals surface area contributed by atoms with Gasteiger partial charge in [0.1, 0.15) is 16.4 Å². The van der Waals surface area contributed by atoms with Crippen LogP contribution in [0.5, 0.6) is 5.75 Å². The second-order valence-corrected chi connectivity index (χ2v) is 11.8. The molecular formula is C29H27ClN2O4S. The van der Waals surface area contributed by atoms with E-state index in [1.54, 1.807) is 24.1 Å². The maximum absolute atomic E-state index is 12.3. The number of carboxylic acid groups (broad SMARTS) is 1. The predicted octanol–water partition coefficient (Wildman–Crippen LogP) is 6.98. The molecule has 8 heteroatoms. The van der Waals surface area contributed by atoms with Gasteiger partial charge in [0, 0.05) is 40.9 Å². The molecule has 1 aliphatic rings. The highest BCUT2D eigenvalue weighted by Gasteiger charge is 2.26. The van der Waals surface area contributed by atoms with Crippen LogP contribution in [-0.2, 0) is 17.8 Å². The summed E-state index contributed by atoms with van der Waals surface area (Å²) >= 11 is 7.86. The number of hydrogen-bond donors (Lipinski definition) is 1. The maximum Gasteiger partial charge on any atom is 0.307 e. The minimum absolute atomic E-state index is 0.0242. The molecule has 0 radical (unpaired) electrons. The van der Waals surface area contributed by atoms with E-state index in [0.717, 1.165) is 54.2 Å². The Hall–Kier alpha value is -3.42. The molecule has 0 spiro atoms. The van der Waals surface area contributed by atoms with Crippen molar-refractivity contribution in [1.82, 2.24) is 9.88 Å². The lowest BCUT2D eigenvalue weighted by molar-refractivity contribution is -0.136. The molecule has 190 valence electrons. The Morgan fingerprint density at radius 1 is 1.16 bits per heavy atom. The third-order valence-electron chi connectivity index (χ3n) is 6.31. The fraction of sp³-hybridized carbons (Fsp3) is 0.276. The first-order valence-electron chi connectivity index (χ1n) is 11.9. The molecule has 3 aromatic carbocycles. The summed E-state index contributed by atoms with van der Waals surface area (Å²) in [7, 11) is 1.79. The van der Waals surface area contributed by atoms with Gasteiger partial charge in [0.25, 0.3) is 5.91 Å². The number of fused-ring (bicyclic) bond motifs is 2. The second-order valence-electron chi connectivity index (χ2n) is 10.4. The molecule has 0 unspecified atom stereocenters. The number of rotatable bonds is 5. The number of aliphatic carboxylic acids is 1. The van der Waals surface area contributed by atoms with Gasteiger partial charge < -0.3 is 14.7 Å². The van der Waals surface area contributed by atoms with Crippen LogP contribution in [0.15, 0.2) is 42.5 Å². The molecule has 1 aliphatic heterocycles. The Kier molecular flexibility index (Phi) is 6.24. The summed E-state index contributed by atoms with van der Waals surface area (Å²) in [5.74, 6) is -0.295. The lowest BCUT2D eigenvalue weighted by atomic mass is 9.92. The van der Waals surface area contributed by atoms with Crippen molar-refractivity contribution < 1.29 is 19.4 Å². The van der Waals surface area contributed by atoms with Gasteiger partial charge in [-0.2, -0.15) is 0 Å². The largest absolute Gasteiger partial charge is 0.487 e. The van der Waals surface area contributed by atoms with Crippen molar-refractivity contribution in [2.24, 2.45) is 0 Å². The van der Waals surface area contributed by atoms with Crippen molar-refractivity contribution >= 4 is 45.0 Å². The Balaban J connectivity index is 1.75. The third kappa shape index (κ3) is 4.81. The molecule has 1 N–H and O–H groups in total. The molecule has 0 bridgehead atoms. The molecule has 2 heterocycles. The molecule has 6 nitrogen and oxygen atoms in total. The number of hydrogen-bond acceptors (Lipinski definition) is 5. The molecule has 5 rings (SSSR count). The number of halogens is 1. The number of thiazole rings is 1. The first kappa shape index (κ1) is 25.2. The van der Waals surface area contributed by atoms with Crippen LogP contribution in [0.25, 0.3) is 31.9 Å². The van der Waals surface area contributed by atoms with Crippen molar-refractivity contribution in [2.45, 2.75) is 46.3 Å². The van der Waals surface area contributed by atoms with E-state index in [0.29, 0.717) is 17.3 Å². The summed E-state index contributed by atoms with van der Waals surface area (Å²) in [6, 6.07) is 13.2. The van der Waals surface area contributed by atoms with Crippen molar-refractivity contribution in [3.63, 3.8) is 0 Å². The third-order valence-corrected chi connectivity index (χ3v) is 7.68. The number of nitrogens with zero attached hydrogens (tertiary/aromatic N) is 2. The summed E-state index contributed by atoms with van der Waals surface area (Å²) in [6.07, 6.45) is -0.130. The van der Waals surface area contributed by atoms with Crippen LogP contribution < -0.4 is 4.74 Å². The molecule has 0 atom stereocenters. The maximum atomic E-state index is 12.3. The molecule has 1 amide bonds. The van der Waals surface area contributed by atoms with E-state index in [-0.39, 0.29) is 12.3 Å². The van der Waals surface area contributed by atoms with E-state index >= 15 is 0 Å². The monoisotopic (exact) mass is 534 g/mol. The van der Waals surface area contributed by atoms with Gasteiger partial charge in [-0.15, -0.1) is 11.3 Å². The van der Waals surface area contributed by atoms with Crippen LogP contribution in [0.3, 0.4) is 0 Å². The molecular weight excluding hydrogens is 508 g/mol. The normalized spacial score (nSPS) is 13.4. The number of carbonyl (C=O) groups is 2. The number of aryl methyl sites for hydroxylation is 1. The zero-order valence-corrected chi connectivity index (χ0v) is 22.9. The Morgan fingerprint density at radius 2 is 1.89 bits per heavy atom. The Bertz CT molecular complexity index is 1590. The summed E-state index contributed by atoms with van der Waals surface area (Å²) in [4.78, 5) is 30.9. The number of carboxylic acids is 1. The fourth-order valence-corrected chi connectivity index (χ4v) is 6.03. The summed E-state index contributed by atoms with van der Waals surface area (Å²) in [6.45, 7) is 8.36. The minimum atomic E-state index is -0.909. The van der Waals surface area contributed by atoms with Gasteiger partial charge in [-0.25, -0.2) is 4.98 Å². The predicted molar refractivity (Wildman–Crippen MR) is 148 cm³/mol. The van der Waals surface area contributed by atoms with Gasteiger partial charge >= 0.3 is 5.97 Å². The average molecular weight is 535 g/mol. The van der Waals surface area contributed by atoms with Crippen molar-refractivity contribution in [3.05, 3.63) is 69.7 Å². The quantitative estimate of drug-likeness (QED) is 0.299. The first-order chi connectivity index (χ1) is 17.4. The SMILES string of the molecule is Cc1cc2nc(-c3ccc4c(c3)CN(C)C4=O)sc2c(-c2ccc(Cl)cc2OC(C)(C)C)c1CC(=O)O. The van der Waals surface area contributed by atoms with Crippen molar-refractivity contribution in [1.29, 1.82) is 0 Å². The highest BCUT2D eigenvalue weighted by atomic mass is 35.5. The molecule has 0 fully saturated rings. The van der Waals surface area contributed by atoms with Gasteiger partial charge in [0.05, 0.1) is 16.6 Å². The zero-order chi connectivity index (χ0) is 26.6. The minimum Gasteiger partial charge on any atom is -0.487 e. The van der Waals surface area contributed by atoms with Crippen LogP contribution in [0.4, 0.5) is 0 Å².